The van der Waals surface area contributed by atoms with E-state index in [-0.39, 0.29) is 0 Å². The lowest BCUT2D eigenvalue weighted by molar-refractivity contribution is -0.0357. The van der Waals surface area contributed by atoms with Crippen molar-refractivity contribution in [2.75, 3.05) is 32.8 Å². The largest absolute Gasteiger partial charge is 0.378 e. The normalized spacial score (nSPS) is 29.2. The summed E-state index contributed by atoms with van der Waals surface area (Å²) in [6.07, 6.45) is 11.4. The molecular weight excluding hydrogens is 264 g/mol. The number of urea groups is 1. The first kappa shape index (κ1) is 15.1. The molecule has 0 aromatic carbocycles. The smallest absolute Gasteiger partial charge is 0.319 e. The van der Waals surface area contributed by atoms with E-state index in [9.17, 15) is 4.79 Å². The van der Waals surface area contributed by atoms with Crippen molar-refractivity contribution in [3.63, 3.8) is 0 Å². The molecule has 0 bridgehead atoms. The van der Waals surface area contributed by atoms with Crippen LogP contribution in [0.15, 0.2) is 0 Å². The molecular formula is C17H30N2O2. The average molecular weight is 294 g/mol. The van der Waals surface area contributed by atoms with Crippen molar-refractivity contribution < 1.29 is 9.53 Å². The molecule has 1 atom stereocenters. The lowest BCUT2D eigenvalue weighted by Gasteiger charge is -2.39. The minimum Gasteiger partial charge on any atom is -0.378 e. The fourth-order valence-electron chi connectivity index (χ4n) is 4.06. The Labute approximate surface area is 128 Å². The Morgan fingerprint density at radius 2 is 1.43 bits per heavy atom. The number of hydrogen-bond donors (Lipinski definition) is 0. The van der Waals surface area contributed by atoms with Gasteiger partial charge in [0.25, 0.3) is 0 Å². The van der Waals surface area contributed by atoms with Gasteiger partial charge in [0.05, 0.1) is 6.10 Å². The van der Waals surface area contributed by atoms with Crippen LogP contribution in [0.25, 0.3) is 0 Å². The van der Waals surface area contributed by atoms with Crippen LogP contribution in [-0.2, 0) is 4.74 Å². The molecule has 3 fully saturated rings. The van der Waals surface area contributed by atoms with Gasteiger partial charge >= 0.3 is 6.03 Å². The minimum atomic E-state index is 0.292. The monoisotopic (exact) mass is 294 g/mol. The lowest BCUT2D eigenvalue weighted by atomic mass is 9.87. The van der Waals surface area contributed by atoms with E-state index in [0.717, 1.165) is 45.6 Å². The zero-order valence-corrected chi connectivity index (χ0v) is 13.3. The maximum absolute atomic E-state index is 12.6. The van der Waals surface area contributed by atoms with Crippen molar-refractivity contribution in [2.24, 2.45) is 5.92 Å². The summed E-state index contributed by atoms with van der Waals surface area (Å²) in [7, 11) is 0. The Morgan fingerprint density at radius 3 is 2.05 bits per heavy atom. The Morgan fingerprint density at radius 1 is 0.762 bits per heavy atom. The molecule has 4 heteroatoms. The summed E-state index contributed by atoms with van der Waals surface area (Å²) >= 11 is 0. The molecule has 2 amide bonds. The number of hydrogen-bond acceptors (Lipinski definition) is 2. The highest BCUT2D eigenvalue weighted by Gasteiger charge is 2.31. The summed E-state index contributed by atoms with van der Waals surface area (Å²) in [5.41, 5.74) is 0. The average Bonchev–Trinajstić information content (AvgIpc) is 2.84. The minimum absolute atomic E-state index is 0.292. The predicted molar refractivity (Wildman–Crippen MR) is 83.3 cm³/mol. The van der Waals surface area contributed by atoms with Gasteiger partial charge in [0, 0.05) is 32.8 Å². The zero-order valence-electron chi connectivity index (χ0n) is 13.3. The van der Waals surface area contributed by atoms with E-state index in [1.54, 1.807) is 0 Å². The van der Waals surface area contributed by atoms with Gasteiger partial charge in [0.2, 0.25) is 0 Å². The van der Waals surface area contributed by atoms with E-state index in [4.69, 9.17) is 4.74 Å². The fourth-order valence-corrected chi connectivity index (χ4v) is 4.06. The molecule has 0 N–H and O–H groups in total. The van der Waals surface area contributed by atoms with Gasteiger partial charge < -0.3 is 14.5 Å². The molecule has 0 aromatic heterocycles. The molecule has 0 aliphatic carbocycles. The van der Waals surface area contributed by atoms with Gasteiger partial charge in [0.15, 0.2) is 0 Å². The van der Waals surface area contributed by atoms with E-state index in [1.807, 2.05) is 0 Å². The van der Waals surface area contributed by atoms with Crippen LogP contribution in [0.1, 0.15) is 57.8 Å². The molecule has 3 aliphatic rings. The van der Waals surface area contributed by atoms with Crippen LogP contribution in [-0.4, -0.2) is 54.7 Å². The third kappa shape index (κ3) is 3.91. The molecule has 120 valence electrons. The molecule has 3 rings (SSSR count). The lowest BCUT2D eigenvalue weighted by Crippen LogP contribution is -2.48. The third-order valence-corrected chi connectivity index (χ3v) is 5.43. The highest BCUT2D eigenvalue weighted by molar-refractivity contribution is 5.74. The first-order chi connectivity index (χ1) is 10.3. The van der Waals surface area contributed by atoms with Crippen LogP contribution in [0.4, 0.5) is 4.79 Å². The molecule has 0 spiro atoms. The number of piperidine rings is 1. The van der Waals surface area contributed by atoms with Gasteiger partial charge in [-0.05, 0) is 50.9 Å². The maximum atomic E-state index is 12.6. The van der Waals surface area contributed by atoms with Crippen molar-refractivity contribution >= 4 is 6.03 Å². The van der Waals surface area contributed by atoms with Crippen molar-refractivity contribution in [1.82, 2.24) is 9.80 Å². The van der Waals surface area contributed by atoms with Gasteiger partial charge in [-0.2, -0.15) is 0 Å². The number of carbonyl (C=O) groups is 1. The van der Waals surface area contributed by atoms with Crippen molar-refractivity contribution in [1.29, 1.82) is 0 Å². The van der Waals surface area contributed by atoms with E-state index in [2.05, 4.69) is 9.80 Å². The fraction of sp³-hybridized carbons (Fsp3) is 0.941. The zero-order chi connectivity index (χ0) is 14.5. The molecule has 3 heterocycles. The quantitative estimate of drug-likeness (QED) is 0.743. The first-order valence-corrected chi connectivity index (χ1v) is 9.00. The van der Waals surface area contributed by atoms with Crippen LogP contribution < -0.4 is 0 Å². The Hall–Kier alpha value is -0.770. The molecule has 0 saturated carbocycles. The van der Waals surface area contributed by atoms with Crippen molar-refractivity contribution in [2.45, 2.75) is 63.9 Å². The van der Waals surface area contributed by atoms with Crippen LogP contribution in [0.3, 0.4) is 0 Å². The van der Waals surface area contributed by atoms with Gasteiger partial charge in [-0.15, -0.1) is 0 Å². The molecule has 3 aliphatic heterocycles. The Balaban J connectivity index is 1.46. The van der Waals surface area contributed by atoms with Crippen molar-refractivity contribution in [3.8, 4) is 0 Å². The van der Waals surface area contributed by atoms with E-state index >= 15 is 0 Å². The van der Waals surface area contributed by atoms with Gasteiger partial charge in [-0.1, -0.05) is 12.8 Å². The van der Waals surface area contributed by atoms with Gasteiger partial charge in [-0.25, -0.2) is 4.79 Å². The highest BCUT2D eigenvalue weighted by Crippen LogP contribution is 2.29. The number of likely N-dealkylation sites (tertiary alicyclic amines) is 2. The van der Waals surface area contributed by atoms with Gasteiger partial charge in [0.1, 0.15) is 0 Å². The van der Waals surface area contributed by atoms with E-state index in [0.29, 0.717) is 18.1 Å². The second-order valence-electron chi connectivity index (χ2n) is 6.91. The summed E-state index contributed by atoms with van der Waals surface area (Å²) in [5, 5.41) is 0. The summed E-state index contributed by atoms with van der Waals surface area (Å²) in [6, 6.07) is 0.292. The number of nitrogens with zero attached hydrogens (tertiary/aromatic N) is 2. The first-order valence-electron chi connectivity index (χ1n) is 9.00. The van der Waals surface area contributed by atoms with Gasteiger partial charge in [-0.3, -0.25) is 0 Å². The molecule has 0 aromatic rings. The van der Waals surface area contributed by atoms with Crippen LogP contribution in [0.2, 0.25) is 0 Å². The number of carbonyl (C=O) groups excluding carboxylic acids is 1. The summed E-state index contributed by atoms with van der Waals surface area (Å²) in [4.78, 5) is 16.8. The molecule has 1 unspecified atom stereocenters. The summed E-state index contributed by atoms with van der Waals surface area (Å²) < 4.78 is 5.93. The number of ether oxygens (including phenoxy) is 1. The second kappa shape index (κ2) is 7.48. The number of rotatable bonds is 1. The highest BCUT2D eigenvalue weighted by atomic mass is 16.5. The molecule has 4 nitrogen and oxygen atoms in total. The molecule has 3 saturated heterocycles. The van der Waals surface area contributed by atoms with Crippen molar-refractivity contribution in [3.05, 3.63) is 0 Å². The topological polar surface area (TPSA) is 32.8 Å². The Kier molecular flexibility index (Phi) is 5.39. The summed E-state index contributed by atoms with van der Waals surface area (Å²) in [5.74, 6) is 0.679. The maximum Gasteiger partial charge on any atom is 0.319 e. The van der Waals surface area contributed by atoms with Crippen LogP contribution >= 0.6 is 0 Å². The van der Waals surface area contributed by atoms with E-state index < -0.39 is 0 Å². The molecule has 0 radical (unpaired) electrons. The molecule has 21 heavy (non-hydrogen) atoms. The predicted octanol–water partition coefficient (Wildman–Crippen LogP) is 3.26. The Bertz CT molecular complexity index is 326. The summed E-state index contributed by atoms with van der Waals surface area (Å²) in [6.45, 7) is 4.73. The second-order valence-corrected chi connectivity index (χ2v) is 6.91. The standard InChI is InChI=1S/C17H30N2O2/c20-17(18-10-4-1-2-5-11-18)19-12-8-15(9-13-19)16-7-3-6-14-21-16/h15-16H,1-14H2. The van der Waals surface area contributed by atoms with Crippen LogP contribution in [0.5, 0.6) is 0 Å². The SMILES string of the molecule is O=C(N1CCCCCC1)N1CCC(C2CCCCO2)CC1. The third-order valence-electron chi connectivity index (χ3n) is 5.43. The number of amides is 2. The van der Waals surface area contributed by atoms with E-state index in [1.165, 1.54) is 44.9 Å². The van der Waals surface area contributed by atoms with Crippen LogP contribution in [0, 0.1) is 5.92 Å².